The molecule has 0 bridgehead atoms. The molecule has 1 N–H and O–H groups in total. The van der Waals surface area contributed by atoms with E-state index in [2.05, 4.69) is 11.4 Å². The van der Waals surface area contributed by atoms with Gasteiger partial charge in [0.25, 0.3) is 0 Å². The fraction of sp³-hybridized carbons (Fsp3) is 0.273. The molecule has 1 aromatic carbocycles. The molecule has 3 heteroatoms. The van der Waals surface area contributed by atoms with Crippen LogP contribution in [0.1, 0.15) is 18.9 Å². The summed E-state index contributed by atoms with van der Waals surface area (Å²) in [6.45, 7) is 2.18. The van der Waals surface area contributed by atoms with Gasteiger partial charge >= 0.3 is 0 Å². The number of rotatable bonds is 4. The van der Waals surface area contributed by atoms with E-state index in [1.54, 1.807) is 19.1 Å². The standard InChI is InChI=1S/C11H12N2O/c1-9(14)5-6-13-11-4-2-3-10(7-11)8-12/h2-4,7,13H,5-6H2,1H3. The summed E-state index contributed by atoms with van der Waals surface area (Å²) in [5, 5.41) is 11.7. The summed E-state index contributed by atoms with van der Waals surface area (Å²) in [5.41, 5.74) is 1.50. The predicted molar refractivity (Wildman–Crippen MR) is 54.9 cm³/mol. The Morgan fingerprint density at radius 1 is 1.57 bits per heavy atom. The van der Waals surface area contributed by atoms with Crippen molar-refractivity contribution in [2.45, 2.75) is 13.3 Å². The average molecular weight is 188 g/mol. The lowest BCUT2D eigenvalue weighted by molar-refractivity contribution is -0.116. The van der Waals surface area contributed by atoms with Crippen LogP contribution in [0.2, 0.25) is 0 Å². The minimum absolute atomic E-state index is 0.161. The van der Waals surface area contributed by atoms with Crippen LogP contribution in [-0.4, -0.2) is 12.3 Å². The highest BCUT2D eigenvalue weighted by atomic mass is 16.1. The molecule has 0 heterocycles. The van der Waals surface area contributed by atoms with Crippen molar-refractivity contribution in [1.29, 1.82) is 5.26 Å². The summed E-state index contributed by atoms with van der Waals surface area (Å²) >= 11 is 0. The summed E-state index contributed by atoms with van der Waals surface area (Å²) < 4.78 is 0. The van der Waals surface area contributed by atoms with Crippen molar-refractivity contribution < 1.29 is 4.79 Å². The molecule has 1 rings (SSSR count). The summed E-state index contributed by atoms with van der Waals surface area (Å²) in [5.74, 6) is 0.161. The van der Waals surface area contributed by atoms with Crippen molar-refractivity contribution in [2.75, 3.05) is 11.9 Å². The summed E-state index contributed by atoms with van der Waals surface area (Å²) in [7, 11) is 0. The van der Waals surface area contributed by atoms with E-state index in [9.17, 15) is 4.79 Å². The molecule has 0 aliphatic rings. The molecule has 14 heavy (non-hydrogen) atoms. The molecular weight excluding hydrogens is 176 g/mol. The van der Waals surface area contributed by atoms with Crippen molar-refractivity contribution in [3.05, 3.63) is 29.8 Å². The second kappa shape index (κ2) is 5.03. The van der Waals surface area contributed by atoms with Crippen LogP contribution in [0.5, 0.6) is 0 Å². The van der Waals surface area contributed by atoms with E-state index in [1.165, 1.54) is 0 Å². The number of nitrogens with one attached hydrogen (secondary N) is 1. The molecule has 0 radical (unpaired) electrons. The highest BCUT2D eigenvalue weighted by Crippen LogP contribution is 2.09. The second-order valence-electron chi connectivity index (χ2n) is 3.07. The lowest BCUT2D eigenvalue weighted by atomic mass is 10.2. The van der Waals surface area contributed by atoms with Crippen LogP contribution in [0.3, 0.4) is 0 Å². The molecule has 0 aliphatic carbocycles. The third-order valence-corrected chi connectivity index (χ3v) is 1.80. The predicted octanol–water partition coefficient (Wildman–Crippen LogP) is 1.95. The monoisotopic (exact) mass is 188 g/mol. The van der Waals surface area contributed by atoms with Gasteiger partial charge in [-0.15, -0.1) is 0 Å². The first-order chi connectivity index (χ1) is 6.72. The normalized spacial score (nSPS) is 9.14. The summed E-state index contributed by atoms with van der Waals surface area (Å²) in [4.78, 5) is 10.7. The van der Waals surface area contributed by atoms with Gasteiger partial charge in [-0.05, 0) is 25.1 Å². The van der Waals surface area contributed by atoms with Crippen LogP contribution in [0, 0.1) is 11.3 Å². The van der Waals surface area contributed by atoms with Gasteiger partial charge in [-0.25, -0.2) is 0 Å². The van der Waals surface area contributed by atoms with Crippen LogP contribution < -0.4 is 5.32 Å². The molecule has 0 saturated heterocycles. The van der Waals surface area contributed by atoms with Gasteiger partial charge in [0.2, 0.25) is 0 Å². The number of Topliss-reactive ketones (excluding diaryl/α,β-unsaturated/α-hetero) is 1. The molecule has 0 aliphatic heterocycles. The highest BCUT2D eigenvalue weighted by molar-refractivity contribution is 5.76. The smallest absolute Gasteiger partial charge is 0.131 e. The van der Waals surface area contributed by atoms with Crippen LogP contribution >= 0.6 is 0 Å². The first-order valence-corrected chi connectivity index (χ1v) is 4.46. The maximum absolute atomic E-state index is 10.7. The van der Waals surface area contributed by atoms with E-state index in [1.807, 2.05) is 12.1 Å². The van der Waals surface area contributed by atoms with Gasteiger partial charge in [-0.1, -0.05) is 6.07 Å². The zero-order valence-corrected chi connectivity index (χ0v) is 8.08. The molecular formula is C11H12N2O. The number of nitrogens with zero attached hydrogens (tertiary/aromatic N) is 1. The quantitative estimate of drug-likeness (QED) is 0.785. The summed E-state index contributed by atoms with van der Waals surface area (Å²) in [6, 6.07) is 9.26. The van der Waals surface area contributed by atoms with Gasteiger partial charge in [0.1, 0.15) is 5.78 Å². The number of benzene rings is 1. The number of hydrogen-bond donors (Lipinski definition) is 1. The number of carbonyl (C=O) groups is 1. The number of carbonyl (C=O) groups excluding carboxylic acids is 1. The zero-order chi connectivity index (χ0) is 10.4. The van der Waals surface area contributed by atoms with Gasteiger partial charge < -0.3 is 5.32 Å². The fourth-order valence-electron chi connectivity index (χ4n) is 1.08. The van der Waals surface area contributed by atoms with Crippen LogP contribution in [-0.2, 0) is 4.79 Å². The van der Waals surface area contributed by atoms with E-state index in [0.29, 0.717) is 18.5 Å². The van der Waals surface area contributed by atoms with E-state index < -0.39 is 0 Å². The molecule has 0 atom stereocenters. The molecule has 3 nitrogen and oxygen atoms in total. The average Bonchev–Trinajstić information content (AvgIpc) is 2.18. The minimum Gasteiger partial charge on any atom is -0.385 e. The molecule has 72 valence electrons. The maximum Gasteiger partial charge on any atom is 0.131 e. The Hall–Kier alpha value is -1.82. The molecule has 0 saturated carbocycles. The molecule has 0 amide bonds. The third-order valence-electron chi connectivity index (χ3n) is 1.80. The minimum atomic E-state index is 0.161. The Balaban J connectivity index is 2.51. The number of ketones is 1. The molecule has 0 aromatic heterocycles. The SMILES string of the molecule is CC(=O)CCNc1cccc(C#N)c1. The van der Waals surface area contributed by atoms with Gasteiger partial charge in [0, 0.05) is 18.7 Å². The van der Waals surface area contributed by atoms with Crippen LogP contribution in [0.4, 0.5) is 5.69 Å². The second-order valence-corrected chi connectivity index (χ2v) is 3.07. The molecule has 1 aromatic rings. The summed E-state index contributed by atoms with van der Waals surface area (Å²) in [6.07, 6.45) is 0.511. The molecule has 0 spiro atoms. The first-order valence-electron chi connectivity index (χ1n) is 4.46. The Morgan fingerprint density at radius 2 is 2.36 bits per heavy atom. The Morgan fingerprint density at radius 3 is 3.00 bits per heavy atom. The fourth-order valence-corrected chi connectivity index (χ4v) is 1.08. The number of anilines is 1. The third kappa shape index (κ3) is 3.28. The number of nitriles is 1. The van der Waals surface area contributed by atoms with Crippen LogP contribution in [0.15, 0.2) is 24.3 Å². The topological polar surface area (TPSA) is 52.9 Å². The van der Waals surface area contributed by atoms with Gasteiger partial charge in [-0.3, -0.25) is 4.79 Å². The van der Waals surface area contributed by atoms with E-state index in [0.717, 1.165) is 5.69 Å². The van der Waals surface area contributed by atoms with E-state index in [4.69, 9.17) is 5.26 Å². The van der Waals surface area contributed by atoms with Crippen molar-refractivity contribution >= 4 is 11.5 Å². The van der Waals surface area contributed by atoms with Crippen LogP contribution in [0.25, 0.3) is 0 Å². The Bertz CT molecular complexity index is 366. The van der Waals surface area contributed by atoms with E-state index in [-0.39, 0.29) is 5.78 Å². The largest absolute Gasteiger partial charge is 0.385 e. The lowest BCUT2D eigenvalue weighted by Crippen LogP contribution is -2.05. The van der Waals surface area contributed by atoms with Crippen molar-refractivity contribution in [3.63, 3.8) is 0 Å². The molecule has 0 fully saturated rings. The Labute approximate surface area is 83.4 Å². The van der Waals surface area contributed by atoms with Gasteiger partial charge in [0.05, 0.1) is 11.6 Å². The first kappa shape index (κ1) is 10.3. The van der Waals surface area contributed by atoms with Gasteiger partial charge in [-0.2, -0.15) is 5.26 Å². The Kier molecular flexibility index (Phi) is 3.69. The maximum atomic E-state index is 10.7. The molecule has 0 unspecified atom stereocenters. The highest BCUT2D eigenvalue weighted by Gasteiger charge is 1.95. The van der Waals surface area contributed by atoms with Crippen molar-refractivity contribution in [3.8, 4) is 6.07 Å². The van der Waals surface area contributed by atoms with Gasteiger partial charge in [0.15, 0.2) is 0 Å². The lowest BCUT2D eigenvalue weighted by Gasteiger charge is -2.04. The van der Waals surface area contributed by atoms with Crippen molar-refractivity contribution in [1.82, 2.24) is 0 Å². The van der Waals surface area contributed by atoms with Crippen molar-refractivity contribution in [2.24, 2.45) is 0 Å². The zero-order valence-electron chi connectivity index (χ0n) is 8.08. The number of hydrogen-bond acceptors (Lipinski definition) is 3. The van der Waals surface area contributed by atoms with E-state index >= 15 is 0 Å².